The number of aliphatic hydroxyl groups excluding tert-OH is 1. The van der Waals surface area contributed by atoms with Crippen LogP contribution in [0.4, 0.5) is 17.6 Å². The number of aliphatic hydroxyl groups is 1. The van der Waals surface area contributed by atoms with Crippen LogP contribution in [0, 0.1) is 12.7 Å². The maximum atomic E-state index is 13.1. The van der Waals surface area contributed by atoms with Gasteiger partial charge in [-0.25, -0.2) is 4.39 Å². The predicted octanol–water partition coefficient (Wildman–Crippen LogP) is 3.63. The molecule has 0 saturated heterocycles. The number of benzene rings is 1. The van der Waals surface area contributed by atoms with Gasteiger partial charge in [-0.05, 0) is 36.2 Å². The molecule has 106 valence electrons. The van der Waals surface area contributed by atoms with E-state index < -0.39 is 23.7 Å². The van der Waals surface area contributed by atoms with Crippen molar-refractivity contribution in [3.05, 3.63) is 64.7 Å². The van der Waals surface area contributed by atoms with Crippen LogP contribution < -0.4 is 0 Å². The van der Waals surface area contributed by atoms with Crippen molar-refractivity contribution < 1.29 is 22.7 Å². The molecule has 2 aromatic rings. The van der Waals surface area contributed by atoms with E-state index in [1.165, 1.54) is 25.1 Å². The number of hydrogen-bond acceptors (Lipinski definition) is 2. The van der Waals surface area contributed by atoms with E-state index in [4.69, 9.17) is 0 Å². The van der Waals surface area contributed by atoms with Gasteiger partial charge < -0.3 is 5.11 Å². The van der Waals surface area contributed by atoms with Crippen molar-refractivity contribution in [3.63, 3.8) is 0 Å². The van der Waals surface area contributed by atoms with Crippen molar-refractivity contribution in [2.24, 2.45) is 0 Å². The molecule has 20 heavy (non-hydrogen) atoms. The number of aryl methyl sites for hydroxylation is 1. The Bertz CT molecular complexity index is 608. The van der Waals surface area contributed by atoms with Crippen LogP contribution in [0.3, 0.4) is 0 Å². The van der Waals surface area contributed by atoms with Crippen molar-refractivity contribution in [1.82, 2.24) is 4.98 Å². The van der Waals surface area contributed by atoms with Crippen LogP contribution in [0.1, 0.15) is 28.5 Å². The Kier molecular flexibility index (Phi) is 3.76. The van der Waals surface area contributed by atoms with Gasteiger partial charge in [0.25, 0.3) is 0 Å². The van der Waals surface area contributed by atoms with Gasteiger partial charge in [0.2, 0.25) is 0 Å². The first kappa shape index (κ1) is 14.5. The summed E-state index contributed by atoms with van der Waals surface area (Å²) in [4.78, 5) is 3.61. The van der Waals surface area contributed by atoms with E-state index in [2.05, 4.69) is 4.98 Å². The molecule has 2 nitrogen and oxygen atoms in total. The van der Waals surface area contributed by atoms with E-state index in [9.17, 15) is 22.7 Å². The molecule has 1 N–H and O–H groups in total. The summed E-state index contributed by atoms with van der Waals surface area (Å²) in [5, 5.41) is 10.0. The Labute approximate surface area is 112 Å². The smallest absolute Gasteiger partial charge is 0.382 e. The summed E-state index contributed by atoms with van der Waals surface area (Å²) in [6, 6.07) is 5.94. The molecular formula is C14H11F4NO. The third-order valence-electron chi connectivity index (χ3n) is 2.89. The van der Waals surface area contributed by atoms with Crippen molar-refractivity contribution in [1.29, 1.82) is 0 Å². The Morgan fingerprint density at radius 3 is 2.35 bits per heavy atom. The standard InChI is InChI=1S/C14H11F4NO/c1-8-6-9(2-4-11(8)15)13(20)12-5-3-10(7-19-12)14(16,17)18/h2-7,13,20H,1H3. The van der Waals surface area contributed by atoms with Crippen molar-refractivity contribution in [2.75, 3.05) is 0 Å². The molecule has 1 aromatic carbocycles. The minimum atomic E-state index is -4.47. The van der Waals surface area contributed by atoms with Crippen LogP contribution in [0.2, 0.25) is 0 Å². The Balaban J connectivity index is 2.29. The van der Waals surface area contributed by atoms with Crippen LogP contribution in [-0.4, -0.2) is 10.1 Å². The van der Waals surface area contributed by atoms with Gasteiger partial charge in [0.15, 0.2) is 0 Å². The first-order valence-electron chi connectivity index (χ1n) is 5.76. The fourth-order valence-corrected chi connectivity index (χ4v) is 1.74. The van der Waals surface area contributed by atoms with Crippen LogP contribution in [0.15, 0.2) is 36.5 Å². The van der Waals surface area contributed by atoms with E-state index in [-0.39, 0.29) is 5.69 Å². The molecule has 6 heteroatoms. The Morgan fingerprint density at radius 2 is 1.85 bits per heavy atom. The van der Waals surface area contributed by atoms with E-state index in [1.54, 1.807) is 0 Å². The summed E-state index contributed by atoms with van der Waals surface area (Å²) in [6.07, 6.45) is -5.01. The second kappa shape index (κ2) is 5.20. The molecule has 1 heterocycles. The van der Waals surface area contributed by atoms with E-state index in [1.807, 2.05) is 0 Å². The average Bonchev–Trinajstić information content (AvgIpc) is 2.40. The lowest BCUT2D eigenvalue weighted by Gasteiger charge is -2.13. The molecule has 1 atom stereocenters. The molecule has 0 bridgehead atoms. The van der Waals surface area contributed by atoms with Gasteiger partial charge in [0.1, 0.15) is 11.9 Å². The largest absolute Gasteiger partial charge is 0.417 e. The predicted molar refractivity (Wildman–Crippen MR) is 64.4 cm³/mol. The van der Waals surface area contributed by atoms with E-state index in [0.29, 0.717) is 17.3 Å². The van der Waals surface area contributed by atoms with Crippen molar-refractivity contribution in [3.8, 4) is 0 Å². The highest BCUT2D eigenvalue weighted by molar-refractivity contribution is 5.31. The molecule has 0 spiro atoms. The summed E-state index contributed by atoms with van der Waals surface area (Å²) in [5.41, 5.74) is -0.0997. The van der Waals surface area contributed by atoms with Gasteiger partial charge in [-0.1, -0.05) is 12.1 Å². The first-order chi connectivity index (χ1) is 9.29. The monoisotopic (exact) mass is 285 g/mol. The summed E-state index contributed by atoms with van der Waals surface area (Å²) >= 11 is 0. The van der Waals surface area contributed by atoms with Gasteiger partial charge in [-0.3, -0.25) is 4.98 Å². The number of halogens is 4. The van der Waals surface area contributed by atoms with Gasteiger partial charge >= 0.3 is 6.18 Å². The molecule has 0 aliphatic rings. The molecule has 2 rings (SSSR count). The molecule has 0 radical (unpaired) electrons. The molecule has 1 unspecified atom stereocenters. The number of hydrogen-bond donors (Lipinski definition) is 1. The minimum Gasteiger partial charge on any atom is -0.382 e. The Hall–Kier alpha value is -1.95. The van der Waals surface area contributed by atoms with Crippen molar-refractivity contribution in [2.45, 2.75) is 19.2 Å². The van der Waals surface area contributed by atoms with Crippen LogP contribution in [-0.2, 0) is 6.18 Å². The zero-order chi connectivity index (χ0) is 14.9. The topological polar surface area (TPSA) is 33.1 Å². The minimum absolute atomic E-state index is 0.0732. The summed E-state index contributed by atoms with van der Waals surface area (Å²) < 4.78 is 50.3. The van der Waals surface area contributed by atoms with E-state index in [0.717, 1.165) is 12.1 Å². The molecule has 0 fully saturated rings. The molecule has 0 saturated carbocycles. The van der Waals surface area contributed by atoms with Gasteiger partial charge in [-0.2, -0.15) is 13.2 Å². The number of pyridine rings is 1. The molecule has 1 aromatic heterocycles. The second-order valence-corrected chi connectivity index (χ2v) is 4.38. The summed E-state index contributed by atoms with van der Waals surface area (Å²) in [5.74, 6) is -0.415. The first-order valence-corrected chi connectivity index (χ1v) is 5.76. The number of rotatable bonds is 2. The zero-order valence-corrected chi connectivity index (χ0v) is 10.4. The average molecular weight is 285 g/mol. The normalized spacial score (nSPS) is 13.3. The maximum absolute atomic E-state index is 13.1. The highest BCUT2D eigenvalue weighted by Crippen LogP contribution is 2.30. The SMILES string of the molecule is Cc1cc(C(O)c2ccc(C(F)(F)F)cn2)ccc1F. The fraction of sp³-hybridized carbons (Fsp3) is 0.214. The van der Waals surface area contributed by atoms with E-state index >= 15 is 0 Å². The van der Waals surface area contributed by atoms with Crippen molar-refractivity contribution >= 4 is 0 Å². The molecule has 0 amide bonds. The Morgan fingerprint density at radius 1 is 1.15 bits per heavy atom. The van der Waals surface area contributed by atoms with Gasteiger partial charge in [0, 0.05) is 6.20 Å². The highest BCUT2D eigenvalue weighted by Gasteiger charge is 2.31. The van der Waals surface area contributed by atoms with Gasteiger partial charge in [0.05, 0.1) is 11.3 Å². The van der Waals surface area contributed by atoms with Gasteiger partial charge in [-0.15, -0.1) is 0 Å². The lowest BCUT2D eigenvalue weighted by molar-refractivity contribution is -0.137. The molecule has 0 aliphatic heterocycles. The number of nitrogens with zero attached hydrogens (tertiary/aromatic N) is 1. The number of aromatic nitrogens is 1. The summed E-state index contributed by atoms with van der Waals surface area (Å²) in [6.45, 7) is 1.53. The van der Waals surface area contributed by atoms with Crippen LogP contribution in [0.25, 0.3) is 0 Å². The van der Waals surface area contributed by atoms with Crippen LogP contribution >= 0.6 is 0 Å². The second-order valence-electron chi connectivity index (χ2n) is 4.38. The maximum Gasteiger partial charge on any atom is 0.417 e. The fourth-order valence-electron chi connectivity index (χ4n) is 1.74. The number of alkyl halides is 3. The quantitative estimate of drug-likeness (QED) is 0.855. The lowest BCUT2D eigenvalue weighted by Crippen LogP contribution is -2.08. The third kappa shape index (κ3) is 2.96. The third-order valence-corrected chi connectivity index (χ3v) is 2.89. The summed E-state index contributed by atoms with van der Waals surface area (Å²) in [7, 11) is 0. The molecular weight excluding hydrogens is 274 g/mol. The molecule has 0 aliphatic carbocycles. The highest BCUT2D eigenvalue weighted by atomic mass is 19.4. The lowest BCUT2D eigenvalue weighted by atomic mass is 10.0. The van der Waals surface area contributed by atoms with Crippen LogP contribution in [0.5, 0.6) is 0 Å². The zero-order valence-electron chi connectivity index (χ0n) is 10.4.